The van der Waals surface area contributed by atoms with Crippen molar-refractivity contribution in [3.63, 3.8) is 0 Å². The van der Waals surface area contributed by atoms with E-state index < -0.39 is 0 Å². The zero-order valence-corrected chi connectivity index (χ0v) is 14.4. The number of amides is 1. The van der Waals surface area contributed by atoms with Crippen LogP contribution in [0.4, 0.5) is 5.69 Å². The molecule has 2 aromatic rings. The van der Waals surface area contributed by atoms with Gasteiger partial charge in [-0.15, -0.1) is 0 Å². The third kappa shape index (κ3) is 4.22. The number of hydrogen-bond acceptors (Lipinski definition) is 2. The van der Waals surface area contributed by atoms with Crippen LogP contribution in [0, 0.1) is 13.8 Å². The fourth-order valence-corrected chi connectivity index (χ4v) is 2.92. The molecule has 24 heavy (non-hydrogen) atoms. The second kappa shape index (κ2) is 7.60. The van der Waals surface area contributed by atoms with Gasteiger partial charge in [0.05, 0.1) is 13.2 Å². The molecular formula is C20H25N2O2+. The summed E-state index contributed by atoms with van der Waals surface area (Å²) < 4.78 is 5.39. The predicted octanol–water partition coefficient (Wildman–Crippen LogP) is 1.97. The number of rotatable bonds is 4. The summed E-state index contributed by atoms with van der Waals surface area (Å²) in [7, 11) is 0. The van der Waals surface area contributed by atoms with E-state index in [-0.39, 0.29) is 5.91 Å². The molecule has 2 aromatic carbocycles. The quantitative estimate of drug-likeness (QED) is 0.902. The van der Waals surface area contributed by atoms with Crippen molar-refractivity contribution < 1.29 is 14.4 Å². The summed E-state index contributed by atoms with van der Waals surface area (Å²) >= 11 is 0. The minimum absolute atomic E-state index is 0.0651. The highest BCUT2D eigenvalue weighted by Crippen LogP contribution is 2.14. The van der Waals surface area contributed by atoms with Crippen LogP contribution in [-0.2, 0) is 11.3 Å². The molecule has 0 aliphatic carbocycles. The maximum absolute atomic E-state index is 12.4. The molecule has 1 heterocycles. The first-order chi connectivity index (χ1) is 11.6. The average molecular weight is 325 g/mol. The Labute approximate surface area is 143 Å². The zero-order valence-electron chi connectivity index (χ0n) is 14.4. The van der Waals surface area contributed by atoms with Crippen molar-refractivity contribution >= 4 is 11.6 Å². The van der Waals surface area contributed by atoms with Crippen LogP contribution in [0.5, 0.6) is 0 Å². The van der Waals surface area contributed by atoms with Crippen LogP contribution >= 0.6 is 0 Å². The van der Waals surface area contributed by atoms with Crippen LogP contribution in [0.1, 0.15) is 27.0 Å². The highest BCUT2D eigenvalue weighted by atomic mass is 16.5. The monoisotopic (exact) mass is 325 g/mol. The number of carbonyl (C=O) groups excluding carboxylic acids is 1. The molecule has 1 aliphatic heterocycles. The van der Waals surface area contributed by atoms with Gasteiger partial charge in [0.25, 0.3) is 5.91 Å². The summed E-state index contributed by atoms with van der Waals surface area (Å²) in [6.45, 7) is 8.89. The number of nitrogens with one attached hydrogen (secondary N) is 2. The standard InChI is InChI=1S/C20H24N2O2/c1-15-3-6-18(13-16(15)2)20(23)21-19-7-4-17(5-8-19)14-22-9-11-24-12-10-22/h3-8,13H,9-12,14H2,1-2H3,(H,21,23)/p+1. The lowest BCUT2D eigenvalue weighted by atomic mass is 10.1. The van der Waals surface area contributed by atoms with Gasteiger partial charge in [-0.25, -0.2) is 0 Å². The molecule has 4 heteroatoms. The van der Waals surface area contributed by atoms with E-state index in [1.54, 1.807) is 4.90 Å². The van der Waals surface area contributed by atoms with Gasteiger partial charge in [0.15, 0.2) is 0 Å². The van der Waals surface area contributed by atoms with Crippen molar-refractivity contribution in [3.05, 3.63) is 64.7 Å². The van der Waals surface area contributed by atoms with Crippen molar-refractivity contribution in [3.8, 4) is 0 Å². The summed E-state index contributed by atoms with van der Waals surface area (Å²) in [4.78, 5) is 13.9. The topological polar surface area (TPSA) is 42.8 Å². The van der Waals surface area contributed by atoms with E-state index in [0.29, 0.717) is 5.56 Å². The highest BCUT2D eigenvalue weighted by Gasteiger charge is 2.14. The number of carbonyl (C=O) groups is 1. The van der Waals surface area contributed by atoms with Crippen LogP contribution in [0.2, 0.25) is 0 Å². The lowest BCUT2D eigenvalue weighted by molar-refractivity contribution is -0.921. The minimum atomic E-state index is -0.0651. The summed E-state index contributed by atoms with van der Waals surface area (Å²) in [6.07, 6.45) is 0. The molecule has 0 bridgehead atoms. The van der Waals surface area contributed by atoms with E-state index in [9.17, 15) is 4.79 Å². The van der Waals surface area contributed by atoms with E-state index in [0.717, 1.165) is 44.1 Å². The summed E-state index contributed by atoms with van der Waals surface area (Å²) in [5.41, 5.74) is 5.14. The number of hydrogen-bond donors (Lipinski definition) is 2. The van der Waals surface area contributed by atoms with Crippen molar-refractivity contribution in [1.29, 1.82) is 0 Å². The molecule has 0 aromatic heterocycles. The Kier molecular flexibility index (Phi) is 5.28. The van der Waals surface area contributed by atoms with Crippen LogP contribution in [-0.4, -0.2) is 32.2 Å². The number of aryl methyl sites for hydroxylation is 2. The van der Waals surface area contributed by atoms with Gasteiger partial charge < -0.3 is 15.0 Å². The number of benzene rings is 2. The third-order valence-electron chi connectivity index (χ3n) is 4.63. The smallest absolute Gasteiger partial charge is 0.255 e. The Balaban J connectivity index is 1.60. The first-order valence-corrected chi connectivity index (χ1v) is 8.51. The molecule has 3 rings (SSSR count). The molecule has 0 spiro atoms. The minimum Gasteiger partial charge on any atom is -0.370 e. The molecule has 0 atom stereocenters. The Morgan fingerprint density at radius 3 is 2.42 bits per heavy atom. The second-order valence-corrected chi connectivity index (χ2v) is 6.49. The molecular weight excluding hydrogens is 300 g/mol. The molecule has 1 amide bonds. The lowest BCUT2D eigenvalue weighted by Crippen LogP contribution is -3.12. The van der Waals surface area contributed by atoms with Crippen LogP contribution in [0.3, 0.4) is 0 Å². The first kappa shape index (κ1) is 16.7. The number of quaternary nitrogens is 1. The van der Waals surface area contributed by atoms with Gasteiger partial charge >= 0.3 is 0 Å². The third-order valence-corrected chi connectivity index (χ3v) is 4.63. The van der Waals surface area contributed by atoms with Crippen molar-refractivity contribution in [2.45, 2.75) is 20.4 Å². The lowest BCUT2D eigenvalue weighted by Gasteiger charge is -2.23. The second-order valence-electron chi connectivity index (χ2n) is 6.49. The molecule has 4 nitrogen and oxygen atoms in total. The molecule has 1 fully saturated rings. The number of ether oxygens (including phenoxy) is 1. The maximum Gasteiger partial charge on any atom is 0.255 e. The van der Waals surface area contributed by atoms with Gasteiger partial charge in [0.2, 0.25) is 0 Å². The van der Waals surface area contributed by atoms with Gasteiger partial charge in [-0.1, -0.05) is 18.2 Å². The fraction of sp³-hybridized carbons (Fsp3) is 0.350. The number of morpholine rings is 1. The van der Waals surface area contributed by atoms with Crippen LogP contribution in [0.15, 0.2) is 42.5 Å². The van der Waals surface area contributed by atoms with E-state index in [1.165, 1.54) is 11.1 Å². The van der Waals surface area contributed by atoms with E-state index >= 15 is 0 Å². The largest absolute Gasteiger partial charge is 0.370 e. The molecule has 0 saturated carbocycles. The molecule has 126 valence electrons. The zero-order chi connectivity index (χ0) is 16.9. The van der Waals surface area contributed by atoms with Crippen molar-refractivity contribution in [2.75, 3.05) is 31.6 Å². The molecule has 0 unspecified atom stereocenters. The van der Waals surface area contributed by atoms with E-state index in [2.05, 4.69) is 17.4 Å². The summed E-state index contributed by atoms with van der Waals surface area (Å²) in [5.74, 6) is -0.0651. The molecule has 0 radical (unpaired) electrons. The van der Waals surface area contributed by atoms with Gasteiger partial charge in [-0.3, -0.25) is 4.79 Å². The Hall–Kier alpha value is -2.17. The Morgan fingerprint density at radius 2 is 1.75 bits per heavy atom. The normalized spacial score (nSPS) is 15.2. The maximum atomic E-state index is 12.4. The van der Waals surface area contributed by atoms with Crippen LogP contribution in [0.25, 0.3) is 0 Å². The van der Waals surface area contributed by atoms with Gasteiger partial charge in [0, 0.05) is 16.8 Å². The first-order valence-electron chi connectivity index (χ1n) is 8.51. The summed E-state index contributed by atoms with van der Waals surface area (Å²) in [6, 6.07) is 13.9. The highest BCUT2D eigenvalue weighted by molar-refractivity contribution is 6.04. The molecule has 2 N–H and O–H groups in total. The van der Waals surface area contributed by atoms with Crippen molar-refractivity contribution in [2.24, 2.45) is 0 Å². The Morgan fingerprint density at radius 1 is 1.04 bits per heavy atom. The molecule has 1 aliphatic rings. The predicted molar refractivity (Wildman–Crippen MR) is 95.5 cm³/mol. The van der Waals surface area contributed by atoms with Gasteiger partial charge in [0.1, 0.15) is 19.6 Å². The van der Waals surface area contributed by atoms with Gasteiger partial charge in [-0.05, 0) is 49.2 Å². The summed E-state index contributed by atoms with van der Waals surface area (Å²) in [5, 5.41) is 2.97. The van der Waals surface area contributed by atoms with E-state index in [1.807, 2.05) is 44.2 Å². The number of anilines is 1. The average Bonchev–Trinajstić information content (AvgIpc) is 2.60. The Bertz CT molecular complexity index is 704. The SMILES string of the molecule is Cc1ccc(C(=O)Nc2ccc(C[NH+]3CCOCC3)cc2)cc1C. The fourth-order valence-electron chi connectivity index (χ4n) is 2.92. The van der Waals surface area contributed by atoms with E-state index in [4.69, 9.17) is 4.74 Å². The van der Waals surface area contributed by atoms with Gasteiger partial charge in [-0.2, -0.15) is 0 Å². The van der Waals surface area contributed by atoms with Crippen molar-refractivity contribution in [1.82, 2.24) is 0 Å². The molecule has 1 saturated heterocycles. The van der Waals surface area contributed by atoms with Crippen LogP contribution < -0.4 is 10.2 Å².